The van der Waals surface area contributed by atoms with Gasteiger partial charge in [-0.1, -0.05) is 12.1 Å². The molecule has 0 unspecified atom stereocenters. The van der Waals surface area contributed by atoms with Gasteiger partial charge in [0.2, 0.25) is 0 Å². The van der Waals surface area contributed by atoms with Gasteiger partial charge in [-0.2, -0.15) is 0 Å². The lowest BCUT2D eigenvalue weighted by molar-refractivity contribution is -1.00. The molecule has 3 rings (SSSR count). The molecule has 3 N–H and O–H groups in total. The van der Waals surface area contributed by atoms with Gasteiger partial charge in [0.15, 0.2) is 17.6 Å². The van der Waals surface area contributed by atoms with Gasteiger partial charge in [-0.3, -0.25) is 0 Å². The van der Waals surface area contributed by atoms with Crippen LogP contribution in [0.3, 0.4) is 0 Å². The van der Waals surface area contributed by atoms with Crippen molar-refractivity contribution in [1.82, 2.24) is 0 Å². The molecule has 1 aromatic rings. The van der Waals surface area contributed by atoms with Gasteiger partial charge in [0.05, 0.1) is 20.3 Å². The molecule has 1 saturated heterocycles. The molecule has 0 amide bonds. The van der Waals surface area contributed by atoms with E-state index in [1.807, 2.05) is 24.3 Å². The molecule has 0 spiro atoms. The fraction of sp³-hybridized carbons (Fsp3) is 0.647. The number of hydrogen-bond donors (Lipinski definition) is 3. The number of aliphatic hydroxyl groups is 1. The van der Waals surface area contributed by atoms with Crippen LogP contribution in [0.5, 0.6) is 11.5 Å². The zero-order chi connectivity index (χ0) is 16.1. The lowest BCUT2D eigenvalue weighted by atomic mass is 10.2. The Kier molecular flexibility index (Phi) is 5.72. The van der Waals surface area contributed by atoms with Gasteiger partial charge in [-0.25, -0.2) is 0 Å². The van der Waals surface area contributed by atoms with E-state index in [-0.39, 0.29) is 6.10 Å². The molecule has 0 aromatic heterocycles. The number of benzene rings is 1. The highest BCUT2D eigenvalue weighted by atomic mass is 16.6. The van der Waals surface area contributed by atoms with Crippen LogP contribution in [0, 0.1) is 0 Å². The van der Waals surface area contributed by atoms with Gasteiger partial charge in [0.1, 0.15) is 45.4 Å². The Hall–Kier alpha value is -1.34. The third-order valence-corrected chi connectivity index (χ3v) is 4.52. The Bertz CT molecular complexity index is 491. The predicted molar refractivity (Wildman–Crippen MR) is 85.4 cm³/mol. The van der Waals surface area contributed by atoms with E-state index in [0.717, 1.165) is 31.1 Å². The summed E-state index contributed by atoms with van der Waals surface area (Å²) in [5, 5.41) is 10.1. The normalized spacial score (nSPS) is 28.3. The molecule has 6 heteroatoms. The average Bonchev–Trinajstić information content (AvgIpc) is 2.57. The Morgan fingerprint density at radius 2 is 1.96 bits per heavy atom. The van der Waals surface area contributed by atoms with Crippen LogP contribution >= 0.6 is 0 Å². The van der Waals surface area contributed by atoms with Crippen molar-refractivity contribution in [3.63, 3.8) is 0 Å². The van der Waals surface area contributed by atoms with Crippen molar-refractivity contribution in [3.05, 3.63) is 24.3 Å². The molecule has 0 aliphatic carbocycles. The maximum atomic E-state index is 10.1. The quantitative estimate of drug-likeness (QED) is 0.547. The lowest BCUT2D eigenvalue weighted by Crippen LogP contribution is -3.27. The monoisotopic (exact) mass is 324 g/mol. The van der Waals surface area contributed by atoms with Crippen LogP contribution in [0.4, 0.5) is 0 Å². The summed E-state index contributed by atoms with van der Waals surface area (Å²) in [5.41, 5.74) is 0. The molecule has 128 valence electrons. The van der Waals surface area contributed by atoms with Gasteiger partial charge in [0.25, 0.3) is 0 Å². The summed E-state index contributed by atoms with van der Waals surface area (Å²) in [6.45, 7) is 6.64. The van der Waals surface area contributed by atoms with Gasteiger partial charge >= 0.3 is 0 Å². The van der Waals surface area contributed by atoms with Crippen LogP contribution in [0.25, 0.3) is 0 Å². The number of hydrogen-bond acceptors (Lipinski definition) is 4. The number of ether oxygens (including phenoxy) is 3. The van der Waals surface area contributed by atoms with E-state index in [1.54, 1.807) is 4.90 Å². The molecule has 0 radical (unpaired) electrons. The van der Waals surface area contributed by atoms with E-state index in [4.69, 9.17) is 14.2 Å². The highest BCUT2D eigenvalue weighted by Gasteiger charge is 2.24. The van der Waals surface area contributed by atoms with E-state index >= 15 is 0 Å². The van der Waals surface area contributed by atoms with Crippen LogP contribution in [-0.2, 0) is 4.74 Å². The van der Waals surface area contributed by atoms with Crippen LogP contribution in [-0.4, -0.2) is 76.9 Å². The van der Waals surface area contributed by atoms with Crippen LogP contribution in [0.1, 0.15) is 0 Å². The minimum absolute atomic E-state index is 0.114. The zero-order valence-electron chi connectivity index (χ0n) is 13.8. The van der Waals surface area contributed by atoms with Gasteiger partial charge in [0, 0.05) is 0 Å². The first-order valence-corrected chi connectivity index (χ1v) is 8.50. The standard InChI is InChI=1S/C17H26N2O4/c1-18-6-8-19(9-7-18)10-14(20)11-21-12-15-13-22-16-4-2-3-5-17(16)23-15/h2-5,14-15,20H,6-13H2,1H3/p+2/t14-,15+/m1/s1. The first kappa shape index (κ1) is 16.5. The van der Waals surface area contributed by atoms with Crippen molar-refractivity contribution in [2.45, 2.75) is 12.2 Å². The minimum Gasteiger partial charge on any atom is -0.486 e. The second-order valence-electron chi connectivity index (χ2n) is 6.60. The van der Waals surface area contributed by atoms with E-state index in [2.05, 4.69) is 7.05 Å². The number of nitrogens with one attached hydrogen (secondary N) is 2. The number of fused-ring (bicyclic) bond motifs is 1. The Morgan fingerprint density at radius 1 is 1.22 bits per heavy atom. The topological polar surface area (TPSA) is 56.8 Å². The summed E-state index contributed by atoms with van der Waals surface area (Å²) in [6, 6.07) is 7.65. The molecule has 2 aliphatic heterocycles. The molecule has 2 heterocycles. The van der Waals surface area contributed by atoms with Gasteiger partial charge in [-0.15, -0.1) is 0 Å². The average molecular weight is 324 g/mol. The second-order valence-corrected chi connectivity index (χ2v) is 6.60. The first-order valence-electron chi connectivity index (χ1n) is 8.50. The molecule has 0 saturated carbocycles. The third kappa shape index (κ3) is 4.81. The Labute approximate surface area is 137 Å². The fourth-order valence-corrected chi connectivity index (χ4v) is 3.11. The molecule has 1 fully saturated rings. The van der Waals surface area contributed by atoms with Crippen molar-refractivity contribution in [1.29, 1.82) is 0 Å². The Morgan fingerprint density at radius 3 is 2.74 bits per heavy atom. The number of quaternary nitrogens is 2. The summed E-state index contributed by atoms with van der Waals surface area (Å²) in [6.07, 6.45) is -0.531. The largest absolute Gasteiger partial charge is 0.486 e. The van der Waals surface area contributed by atoms with Crippen molar-refractivity contribution in [2.75, 3.05) is 59.6 Å². The number of para-hydroxylation sites is 2. The number of rotatable bonds is 6. The highest BCUT2D eigenvalue weighted by Crippen LogP contribution is 2.30. The lowest BCUT2D eigenvalue weighted by Gasteiger charge is -2.29. The van der Waals surface area contributed by atoms with E-state index in [9.17, 15) is 5.11 Å². The molecular formula is C17H28N2O4+2. The molecule has 6 nitrogen and oxygen atoms in total. The SMILES string of the molecule is C[NH+]1CC[NH+](C[C@@H](O)COC[C@H]2COc3ccccc3O2)CC1. The van der Waals surface area contributed by atoms with Gasteiger partial charge in [-0.05, 0) is 12.1 Å². The summed E-state index contributed by atoms with van der Waals surface area (Å²) < 4.78 is 17.1. The second kappa shape index (κ2) is 7.97. The molecular weight excluding hydrogens is 296 g/mol. The first-order chi connectivity index (χ1) is 11.2. The van der Waals surface area contributed by atoms with E-state index in [0.29, 0.717) is 19.8 Å². The maximum Gasteiger partial charge on any atom is 0.161 e. The predicted octanol–water partition coefficient (Wildman–Crippen LogP) is -2.38. The molecule has 2 aliphatic rings. The Balaban J connectivity index is 1.34. The fourth-order valence-electron chi connectivity index (χ4n) is 3.11. The zero-order valence-corrected chi connectivity index (χ0v) is 13.8. The number of piperazine rings is 1. The van der Waals surface area contributed by atoms with E-state index < -0.39 is 6.10 Å². The molecule has 0 bridgehead atoms. The van der Waals surface area contributed by atoms with Crippen LogP contribution in [0.2, 0.25) is 0 Å². The van der Waals surface area contributed by atoms with Crippen molar-refractivity contribution in [2.24, 2.45) is 0 Å². The van der Waals surface area contributed by atoms with Crippen molar-refractivity contribution < 1.29 is 29.1 Å². The molecule has 2 atom stereocenters. The maximum absolute atomic E-state index is 10.1. The third-order valence-electron chi connectivity index (χ3n) is 4.52. The highest BCUT2D eigenvalue weighted by molar-refractivity contribution is 5.40. The molecule has 1 aromatic carbocycles. The smallest absolute Gasteiger partial charge is 0.161 e. The number of likely N-dealkylation sites (N-methyl/N-ethyl adjacent to an activating group) is 1. The molecule has 23 heavy (non-hydrogen) atoms. The van der Waals surface area contributed by atoms with Gasteiger partial charge < -0.3 is 29.1 Å². The van der Waals surface area contributed by atoms with Crippen LogP contribution in [0.15, 0.2) is 24.3 Å². The summed E-state index contributed by atoms with van der Waals surface area (Å²) in [5.74, 6) is 1.54. The number of aliphatic hydroxyl groups excluding tert-OH is 1. The summed E-state index contributed by atoms with van der Waals surface area (Å²) in [4.78, 5) is 3.05. The summed E-state index contributed by atoms with van der Waals surface area (Å²) in [7, 11) is 2.22. The minimum atomic E-state index is -0.416. The van der Waals surface area contributed by atoms with Crippen molar-refractivity contribution >= 4 is 0 Å². The van der Waals surface area contributed by atoms with E-state index in [1.165, 1.54) is 18.0 Å². The van der Waals surface area contributed by atoms with Crippen molar-refractivity contribution in [3.8, 4) is 11.5 Å². The van der Waals surface area contributed by atoms with Crippen LogP contribution < -0.4 is 19.3 Å². The summed E-state index contributed by atoms with van der Waals surface area (Å²) >= 11 is 0.